The molecule has 1 N–H and O–H groups in total. The molecule has 0 aromatic carbocycles. The Morgan fingerprint density at radius 1 is 1.40 bits per heavy atom. The van der Waals surface area contributed by atoms with E-state index < -0.39 is 0 Å². The summed E-state index contributed by atoms with van der Waals surface area (Å²) in [6, 6.07) is 2.02. The molecule has 0 saturated carbocycles. The predicted molar refractivity (Wildman–Crippen MR) is 34.1 cm³/mol. The maximum atomic E-state index is 8.54. The van der Waals surface area contributed by atoms with E-state index in [0.717, 1.165) is 0 Å². The summed E-state index contributed by atoms with van der Waals surface area (Å²) in [4.78, 5) is 0. The van der Waals surface area contributed by atoms with Gasteiger partial charge in [-0.3, -0.25) is 0 Å². The molecule has 4 heteroatoms. The second kappa shape index (κ2) is 2.76. The van der Waals surface area contributed by atoms with Crippen LogP contribution in [-0.4, -0.2) is 17.4 Å². The van der Waals surface area contributed by atoms with Crippen LogP contribution in [0, 0.1) is 11.3 Å². The molecule has 54 valence electrons. The Bertz CT molecular complexity index is 176. The molecule has 4 nitrogen and oxygen atoms in total. The second-order valence-corrected chi connectivity index (χ2v) is 2.31. The first-order valence-electron chi connectivity index (χ1n) is 3.25. The molecule has 0 bridgehead atoms. The highest BCUT2D eigenvalue weighted by molar-refractivity contribution is 4.95. The minimum absolute atomic E-state index is 0.0957. The van der Waals surface area contributed by atoms with Crippen LogP contribution in [0.5, 0.6) is 0 Å². The fraction of sp³-hybridized carbons (Fsp3) is 0.833. The molecule has 0 saturated heterocycles. The van der Waals surface area contributed by atoms with E-state index in [1.54, 1.807) is 0 Å². The molecule has 0 aliphatic carbocycles. The first-order chi connectivity index (χ1) is 4.83. The van der Waals surface area contributed by atoms with E-state index in [2.05, 4.69) is 10.2 Å². The number of hydrogen-bond acceptors (Lipinski definition) is 4. The lowest BCUT2D eigenvalue weighted by Gasteiger charge is -2.03. The van der Waals surface area contributed by atoms with Crippen molar-refractivity contribution < 1.29 is 5.11 Å². The predicted octanol–water partition coefficient (Wildman–Crippen LogP) is 0.835. The lowest BCUT2D eigenvalue weighted by Crippen LogP contribution is -2.12. The number of aliphatic hydroxyl groups is 1. The smallest absolute Gasteiger partial charge is 0.194 e. The van der Waals surface area contributed by atoms with Gasteiger partial charge in [-0.05, 0) is 0 Å². The first kappa shape index (κ1) is 7.16. The maximum absolute atomic E-state index is 8.54. The van der Waals surface area contributed by atoms with Gasteiger partial charge in [0.05, 0.1) is 6.07 Å². The summed E-state index contributed by atoms with van der Waals surface area (Å²) < 4.78 is 0. The van der Waals surface area contributed by atoms with Crippen molar-refractivity contribution in [3.05, 3.63) is 0 Å². The number of nitrogens with zero attached hydrogens (tertiary/aromatic N) is 3. The topological polar surface area (TPSA) is 68.7 Å². The van der Waals surface area contributed by atoms with Crippen LogP contribution in [-0.2, 0) is 0 Å². The fourth-order valence-corrected chi connectivity index (χ4v) is 0.831. The third kappa shape index (κ3) is 1.52. The molecule has 0 aromatic rings. The average molecular weight is 139 g/mol. The zero-order chi connectivity index (χ0) is 7.45. The molecule has 0 aromatic heterocycles. The SMILES string of the molecule is N#CCCC1(CCO)N=N1. The molecule has 0 spiro atoms. The minimum atomic E-state index is -0.371. The van der Waals surface area contributed by atoms with Gasteiger partial charge in [0, 0.05) is 25.9 Å². The highest BCUT2D eigenvalue weighted by Gasteiger charge is 2.38. The van der Waals surface area contributed by atoms with Gasteiger partial charge in [0.2, 0.25) is 0 Å². The molecule has 1 aliphatic rings. The van der Waals surface area contributed by atoms with Gasteiger partial charge in [-0.1, -0.05) is 0 Å². The van der Waals surface area contributed by atoms with Crippen molar-refractivity contribution in [2.24, 2.45) is 10.2 Å². The summed E-state index contributed by atoms with van der Waals surface area (Å²) in [7, 11) is 0. The van der Waals surface area contributed by atoms with Crippen LogP contribution >= 0.6 is 0 Å². The molecule has 1 heterocycles. The Kier molecular flexibility index (Phi) is 1.97. The van der Waals surface area contributed by atoms with Crippen molar-refractivity contribution in [3.8, 4) is 6.07 Å². The number of hydrogen-bond donors (Lipinski definition) is 1. The molecule has 0 radical (unpaired) electrons. The molecule has 1 aliphatic heterocycles. The quantitative estimate of drug-likeness (QED) is 0.626. The van der Waals surface area contributed by atoms with E-state index in [0.29, 0.717) is 19.3 Å². The summed E-state index contributed by atoms with van der Waals surface area (Å²) in [5.74, 6) is 0. The van der Waals surface area contributed by atoms with Crippen LogP contribution < -0.4 is 0 Å². The van der Waals surface area contributed by atoms with E-state index in [1.165, 1.54) is 0 Å². The summed E-state index contributed by atoms with van der Waals surface area (Å²) in [6.07, 6.45) is 1.69. The van der Waals surface area contributed by atoms with Gasteiger partial charge in [-0.15, -0.1) is 0 Å². The Labute approximate surface area is 59.2 Å². The van der Waals surface area contributed by atoms with Gasteiger partial charge in [0.25, 0.3) is 0 Å². The summed E-state index contributed by atoms with van der Waals surface area (Å²) in [5, 5.41) is 24.3. The molecular formula is C6H9N3O. The van der Waals surface area contributed by atoms with Crippen molar-refractivity contribution in [3.63, 3.8) is 0 Å². The monoisotopic (exact) mass is 139 g/mol. The van der Waals surface area contributed by atoms with Crippen LogP contribution in [0.1, 0.15) is 19.3 Å². The molecular weight excluding hydrogens is 130 g/mol. The summed E-state index contributed by atoms with van der Waals surface area (Å²) >= 11 is 0. The highest BCUT2D eigenvalue weighted by Crippen LogP contribution is 2.35. The van der Waals surface area contributed by atoms with Crippen molar-refractivity contribution in [1.29, 1.82) is 5.26 Å². The lowest BCUT2D eigenvalue weighted by molar-refractivity contribution is 0.262. The Hall–Kier alpha value is -0.950. The maximum Gasteiger partial charge on any atom is 0.194 e. The van der Waals surface area contributed by atoms with Gasteiger partial charge in [-0.2, -0.15) is 15.5 Å². The number of nitriles is 1. The molecule has 10 heavy (non-hydrogen) atoms. The van der Waals surface area contributed by atoms with Crippen molar-refractivity contribution in [2.45, 2.75) is 24.9 Å². The van der Waals surface area contributed by atoms with Crippen LogP contribution in [0.4, 0.5) is 0 Å². The zero-order valence-electron chi connectivity index (χ0n) is 5.62. The highest BCUT2D eigenvalue weighted by atomic mass is 16.3. The van der Waals surface area contributed by atoms with Gasteiger partial charge < -0.3 is 5.11 Å². The Balaban J connectivity index is 2.19. The van der Waals surface area contributed by atoms with Gasteiger partial charge in [-0.25, -0.2) is 0 Å². The van der Waals surface area contributed by atoms with E-state index in [9.17, 15) is 0 Å². The van der Waals surface area contributed by atoms with Gasteiger partial charge in [0.1, 0.15) is 0 Å². The minimum Gasteiger partial charge on any atom is -0.396 e. The Morgan fingerprint density at radius 2 is 2.10 bits per heavy atom. The first-order valence-corrected chi connectivity index (χ1v) is 3.25. The Morgan fingerprint density at radius 3 is 2.50 bits per heavy atom. The van der Waals surface area contributed by atoms with Crippen molar-refractivity contribution in [1.82, 2.24) is 0 Å². The van der Waals surface area contributed by atoms with E-state index in [-0.39, 0.29) is 12.3 Å². The van der Waals surface area contributed by atoms with Crippen molar-refractivity contribution >= 4 is 0 Å². The van der Waals surface area contributed by atoms with Crippen LogP contribution in [0.15, 0.2) is 10.2 Å². The molecule has 0 amide bonds. The normalized spacial score (nSPS) is 18.4. The van der Waals surface area contributed by atoms with Crippen LogP contribution in [0.3, 0.4) is 0 Å². The van der Waals surface area contributed by atoms with E-state index in [4.69, 9.17) is 10.4 Å². The van der Waals surface area contributed by atoms with Gasteiger partial charge >= 0.3 is 0 Å². The third-order valence-electron chi connectivity index (χ3n) is 1.53. The largest absolute Gasteiger partial charge is 0.396 e. The molecule has 0 atom stereocenters. The number of rotatable bonds is 4. The zero-order valence-corrected chi connectivity index (χ0v) is 5.62. The van der Waals surface area contributed by atoms with E-state index in [1.807, 2.05) is 6.07 Å². The lowest BCUT2D eigenvalue weighted by atomic mass is 10.1. The fourth-order valence-electron chi connectivity index (χ4n) is 0.831. The average Bonchev–Trinajstić information content (AvgIpc) is 2.67. The molecule has 0 fully saturated rings. The summed E-state index contributed by atoms with van der Waals surface area (Å²) in [5.41, 5.74) is -0.371. The van der Waals surface area contributed by atoms with Gasteiger partial charge in [0.15, 0.2) is 5.66 Å². The van der Waals surface area contributed by atoms with Crippen LogP contribution in [0.25, 0.3) is 0 Å². The summed E-state index contributed by atoms with van der Waals surface area (Å²) in [6.45, 7) is 0.0957. The molecule has 0 unspecified atom stereocenters. The van der Waals surface area contributed by atoms with Crippen molar-refractivity contribution in [2.75, 3.05) is 6.61 Å². The molecule has 1 rings (SSSR count). The third-order valence-corrected chi connectivity index (χ3v) is 1.53. The second-order valence-electron chi connectivity index (χ2n) is 2.31. The van der Waals surface area contributed by atoms with Crippen LogP contribution in [0.2, 0.25) is 0 Å². The standard InChI is InChI=1S/C6H9N3O/c7-4-1-2-6(3-5-10)8-9-6/h10H,1-3,5H2. The number of aliphatic hydroxyl groups excluding tert-OH is 1. The van der Waals surface area contributed by atoms with E-state index >= 15 is 0 Å².